The maximum Gasteiger partial charge on any atom is 0.269 e. The summed E-state index contributed by atoms with van der Waals surface area (Å²) in [6, 6.07) is 15.6. The van der Waals surface area contributed by atoms with Crippen molar-refractivity contribution in [3.63, 3.8) is 0 Å². The van der Waals surface area contributed by atoms with Gasteiger partial charge in [0.15, 0.2) is 0 Å². The lowest BCUT2D eigenvalue weighted by atomic mass is 9.96. The number of rotatable bonds is 18. The fourth-order valence-electron chi connectivity index (χ4n) is 5.61. The van der Waals surface area contributed by atoms with Crippen molar-refractivity contribution >= 4 is 72.6 Å². The molecular weight excluding hydrogens is 794 g/mol. The smallest absolute Gasteiger partial charge is 0.269 e. The highest BCUT2D eigenvalue weighted by Gasteiger charge is 2.35. The van der Waals surface area contributed by atoms with Crippen LogP contribution in [0.15, 0.2) is 62.6 Å². The Hall–Kier alpha value is -4.29. The molecule has 4 amide bonds. The molecule has 3 aliphatic heterocycles. The first-order chi connectivity index (χ1) is 24.8. The topological polar surface area (TPSA) is 191 Å². The van der Waals surface area contributed by atoms with Gasteiger partial charge in [0, 0.05) is 42.0 Å². The van der Waals surface area contributed by atoms with Crippen molar-refractivity contribution < 1.29 is 33.4 Å². The van der Waals surface area contributed by atoms with Crippen LogP contribution >= 0.6 is 31.9 Å². The molecule has 0 fully saturated rings. The molecule has 0 atom stereocenters. The second kappa shape index (κ2) is 18.8. The highest BCUT2D eigenvalue weighted by Crippen LogP contribution is 2.39. The minimum Gasteiger partial charge on any atom is -0.379 e. The monoisotopic (exact) mass is 829 g/mol. The summed E-state index contributed by atoms with van der Waals surface area (Å²) in [5, 5.41) is 8.22. The molecular formula is C33H37Br2N9O7. The van der Waals surface area contributed by atoms with Gasteiger partial charge in [-0.05, 0) is 49.0 Å². The van der Waals surface area contributed by atoms with E-state index in [-0.39, 0.29) is 66.5 Å². The number of carbonyl (C=O) groups excluding carboxylic acids is 4. The van der Waals surface area contributed by atoms with E-state index in [1.165, 1.54) is 0 Å². The van der Waals surface area contributed by atoms with Gasteiger partial charge in [0.25, 0.3) is 11.8 Å². The summed E-state index contributed by atoms with van der Waals surface area (Å²) >= 11 is 6.16. The van der Waals surface area contributed by atoms with Gasteiger partial charge in [-0.15, -0.1) is 5.53 Å². The van der Waals surface area contributed by atoms with E-state index in [0.29, 0.717) is 39.5 Å². The van der Waals surface area contributed by atoms with Gasteiger partial charge in [0.2, 0.25) is 11.8 Å². The number of halogens is 2. The van der Waals surface area contributed by atoms with Crippen LogP contribution in [0.3, 0.4) is 0 Å². The summed E-state index contributed by atoms with van der Waals surface area (Å²) in [4.78, 5) is 56.0. The molecule has 0 unspecified atom stereocenters. The van der Waals surface area contributed by atoms with Crippen LogP contribution in [-0.4, -0.2) is 99.4 Å². The van der Waals surface area contributed by atoms with E-state index in [9.17, 15) is 19.2 Å². The largest absolute Gasteiger partial charge is 0.379 e. The lowest BCUT2D eigenvalue weighted by Gasteiger charge is -2.30. The molecule has 0 saturated carbocycles. The van der Waals surface area contributed by atoms with Crippen LogP contribution in [0.4, 0.5) is 5.69 Å². The number of anilines is 1. The first-order valence-corrected chi connectivity index (χ1v) is 17.8. The molecule has 18 heteroatoms. The normalized spacial score (nSPS) is 15.2. The fourth-order valence-corrected chi connectivity index (χ4v) is 6.37. The molecule has 0 spiro atoms. The zero-order valence-electron chi connectivity index (χ0n) is 27.6. The van der Waals surface area contributed by atoms with E-state index in [1.54, 1.807) is 4.90 Å². The first kappa shape index (κ1) is 38.0. The molecule has 0 bridgehead atoms. The molecule has 0 radical (unpaired) electrons. The van der Waals surface area contributed by atoms with Crippen molar-refractivity contribution in [2.24, 2.45) is 5.11 Å². The Morgan fingerprint density at radius 3 is 2.29 bits per heavy atom. The van der Waals surface area contributed by atoms with Crippen LogP contribution in [0.25, 0.3) is 21.8 Å². The number of imide groups is 1. The van der Waals surface area contributed by atoms with Crippen LogP contribution < -0.4 is 21.2 Å². The van der Waals surface area contributed by atoms with E-state index in [4.69, 9.17) is 19.7 Å². The average molecular weight is 832 g/mol. The average Bonchev–Trinajstić information content (AvgIpc) is 3.62. The Kier molecular flexibility index (Phi) is 14.0. The molecule has 5 rings (SSSR count). The number of nitrogens with one attached hydrogen (secondary N) is 3. The predicted octanol–water partition coefficient (Wildman–Crippen LogP) is 3.31. The number of carbonyl (C=O) groups is 4. The first-order valence-electron chi connectivity index (χ1n) is 16.3. The molecule has 3 heterocycles. The van der Waals surface area contributed by atoms with Crippen molar-refractivity contribution in [1.82, 2.24) is 26.2 Å². The van der Waals surface area contributed by atoms with Gasteiger partial charge >= 0.3 is 0 Å². The highest BCUT2D eigenvalue weighted by molar-refractivity contribution is 9.14. The van der Waals surface area contributed by atoms with Crippen molar-refractivity contribution in [3.8, 4) is 0 Å². The number of nitrogens with zero attached hydrogens (tertiary/aromatic N) is 6. The predicted molar refractivity (Wildman–Crippen MR) is 194 cm³/mol. The molecule has 0 aromatic heterocycles. The van der Waals surface area contributed by atoms with E-state index in [1.807, 2.05) is 53.5 Å². The summed E-state index contributed by atoms with van der Waals surface area (Å²) in [6.45, 7) is 3.07. The van der Waals surface area contributed by atoms with E-state index in [0.717, 1.165) is 38.7 Å². The van der Waals surface area contributed by atoms with Crippen molar-refractivity contribution in [1.29, 1.82) is 0 Å². The summed E-state index contributed by atoms with van der Waals surface area (Å²) in [7, 11) is 0. The number of ether oxygens (including phenoxy) is 3. The number of amides is 4. The van der Waals surface area contributed by atoms with Gasteiger partial charge < -0.3 is 29.9 Å². The van der Waals surface area contributed by atoms with Crippen LogP contribution in [-0.2, 0) is 39.9 Å². The van der Waals surface area contributed by atoms with Crippen LogP contribution in [0, 0.1) is 0 Å². The SMILES string of the molecule is [N-]=[N+]=NCCOCCOCCN1NNC2=C1c1ccccc1CN(C(=O)CCNC(=O)CCOCCN1C(=O)C(Br)=C(Br)C1=O)c1ccccc12. The Morgan fingerprint density at radius 1 is 0.863 bits per heavy atom. The lowest BCUT2D eigenvalue weighted by molar-refractivity contribution is -0.138. The second-order valence-corrected chi connectivity index (χ2v) is 12.9. The molecule has 2 aromatic carbocycles. The molecule has 51 heavy (non-hydrogen) atoms. The van der Waals surface area contributed by atoms with E-state index >= 15 is 0 Å². The van der Waals surface area contributed by atoms with Gasteiger partial charge in [-0.3, -0.25) is 29.1 Å². The summed E-state index contributed by atoms with van der Waals surface area (Å²) in [5.74, 6) is -1.32. The number of hydrogen-bond donors (Lipinski definition) is 3. The maximum absolute atomic E-state index is 13.8. The molecule has 3 N–H and O–H groups in total. The highest BCUT2D eigenvalue weighted by atomic mass is 79.9. The number of hydrazine groups is 2. The Balaban J connectivity index is 1.14. The van der Waals surface area contributed by atoms with Crippen LogP contribution in [0.1, 0.15) is 29.5 Å². The van der Waals surface area contributed by atoms with E-state index in [2.05, 4.69) is 58.2 Å². The van der Waals surface area contributed by atoms with Crippen LogP contribution in [0.5, 0.6) is 0 Å². The second-order valence-electron chi connectivity index (χ2n) is 11.3. The third-order valence-electron chi connectivity index (χ3n) is 8.07. The van der Waals surface area contributed by atoms with Crippen molar-refractivity contribution in [2.75, 3.05) is 70.7 Å². The van der Waals surface area contributed by atoms with Crippen LogP contribution in [0.2, 0.25) is 0 Å². The molecule has 3 aliphatic rings. The zero-order chi connectivity index (χ0) is 36.2. The summed E-state index contributed by atoms with van der Waals surface area (Å²) < 4.78 is 17.0. The standard InChI is InChI=1S/C33H37Br2N9O7/c34-28-29(35)33(48)42(32(28)47)13-17-49-15-10-26(45)37-11-9-27(46)43-21-22-5-1-2-6-23(22)31-30(24-7-3-4-8-25(24)43)39-41-44(31)14-18-51-20-19-50-16-12-38-40-36/h1-8,39,41H,9-21H2,(H,37,45). The van der Waals surface area contributed by atoms with Gasteiger partial charge in [0.05, 0.1) is 76.4 Å². The maximum atomic E-state index is 13.8. The number of hydrogen-bond acceptors (Lipinski definition) is 11. The molecule has 16 nitrogen and oxygen atoms in total. The van der Waals surface area contributed by atoms with Crippen molar-refractivity contribution in [3.05, 3.63) is 84.6 Å². The number of para-hydroxylation sites is 1. The van der Waals surface area contributed by atoms with Gasteiger partial charge in [0.1, 0.15) is 8.96 Å². The minimum absolute atomic E-state index is 0.0609. The number of benzene rings is 2. The third kappa shape index (κ3) is 9.53. The van der Waals surface area contributed by atoms with Gasteiger partial charge in [-0.25, -0.2) is 0 Å². The minimum atomic E-state index is -0.444. The summed E-state index contributed by atoms with van der Waals surface area (Å²) in [5.41, 5.74) is 20.1. The molecule has 2 aromatic rings. The fraction of sp³-hybridized carbons (Fsp3) is 0.394. The zero-order valence-corrected chi connectivity index (χ0v) is 30.8. The Morgan fingerprint density at radius 2 is 1.53 bits per heavy atom. The number of fused-ring (bicyclic) bond motifs is 4. The van der Waals surface area contributed by atoms with Crippen molar-refractivity contribution in [2.45, 2.75) is 19.4 Å². The Labute approximate surface area is 310 Å². The third-order valence-corrected chi connectivity index (χ3v) is 10.1. The van der Waals surface area contributed by atoms with Gasteiger partial charge in [-0.1, -0.05) is 47.6 Å². The molecule has 270 valence electrons. The van der Waals surface area contributed by atoms with Gasteiger partial charge in [-0.2, -0.15) is 0 Å². The lowest BCUT2D eigenvalue weighted by Crippen LogP contribution is -2.39. The Bertz CT molecular complexity index is 1720. The summed E-state index contributed by atoms with van der Waals surface area (Å²) in [6.07, 6.45) is 0.140. The molecule has 0 aliphatic carbocycles. The quantitative estimate of drug-likeness (QED) is 0.0661. The molecule has 0 saturated heterocycles. The van der Waals surface area contributed by atoms with E-state index < -0.39 is 11.8 Å². The number of azide groups is 1.